The molecule has 0 aromatic rings. The SMILES string of the molecule is COCC1(CN)CCOCC1.Cl. The lowest BCUT2D eigenvalue weighted by atomic mass is 9.81. The molecule has 0 atom stereocenters. The van der Waals surface area contributed by atoms with Crippen LogP contribution in [0.3, 0.4) is 0 Å². The summed E-state index contributed by atoms with van der Waals surface area (Å²) in [4.78, 5) is 0. The van der Waals surface area contributed by atoms with Crippen molar-refractivity contribution in [1.29, 1.82) is 0 Å². The minimum atomic E-state index is 0. The van der Waals surface area contributed by atoms with Crippen LogP contribution < -0.4 is 5.73 Å². The van der Waals surface area contributed by atoms with E-state index in [0.29, 0.717) is 6.54 Å². The summed E-state index contributed by atoms with van der Waals surface area (Å²) in [6, 6.07) is 0. The number of halogens is 1. The third-order valence-corrected chi connectivity index (χ3v) is 2.44. The molecule has 3 nitrogen and oxygen atoms in total. The maximum absolute atomic E-state index is 5.69. The molecule has 2 N–H and O–H groups in total. The van der Waals surface area contributed by atoms with Gasteiger partial charge in [0, 0.05) is 32.3 Å². The fraction of sp³-hybridized carbons (Fsp3) is 1.00. The van der Waals surface area contributed by atoms with E-state index in [1.807, 2.05) is 0 Å². The zero-order valence-electron chi connectivity index (χ0n) is 7.54. The molecule has 1 aliphatic rings. The molecule has 0 spiro atoms. The normalized spacial score (nSPS) is 21.5. The van der Waals surface area contributed by atoms with Crippen molar-refractivity contribution >= 4 is 12.4 Å². The van der Waals surface area contributed by atoms with Crippen molar-refractivity contribution in [3.63, 3.8) is 0 Å². The second-order valence-corrected chi connectivity index (χ2v) is 3.25. The molecule has 1 fully saturated rings. The topological polar surface area (TPSA) is 44.5 Å². The van der Waals surface area contributed by atoms with Gasteiger partial charge < -0.3 is 15.2 Å². The van der Waals surface area contributed by atoms with Gasteiger partial charge in [0.1, 0.15) is 0 Å². The first kappa shape index (κ1) is 12.2. The summed E-state index contributed by atoms with van der Waals surface area (Å²) in [5, 5.41) is 0. The third-order valence-electron chi connectivity index (χ3n) is 2.44. The lowest BCUT2D eigenvalue weighted by Gasteiger charge is -2.35. The van der Waals surface area contributed by atoms with E-state index in [1.165, 1.54) is 0 Å². The first-order valence-electron chi connectivity index (χ1n) is 4.10. The van der Waals surface area contributed by atoms with Crippen LogP contribution in [0, 0.1) is 5.41 Å². The van der Waals surface area contributed by atoms with Crippen LogP contribution in [0.5, 0.6) is 0 Å². The van der Waals surface area contributed by atoms with Crippen molar-refractivity contribution in [3.05, 3.63) is 0 Å². The Morgan fingerprint density at radius 3 is 2.42 bits per heavy atom. The van der Waals surface area contributed by atoms with Crippen molar-refractivity contribution in [3.8, 4) is 0 Å². The van der Waals surface area contributed by atoms with E-state index in [2.05, 4.69) is 0 Å². The molecular weight excluding hydrogens is 178 g/mol. The minimum absolute atomic E-state index is 0. The number of nitrogens with two attached hydrogens (primary N) is 1. The molecule has 4 heteroatoms. The fourth-order valence-electron chi connectivity index (χ4n) is 1.52. The molecular formula is C8H18ClNO2. The molecule has 0 amide bonds. The van der Waals surface area contributed by atoms with Crippen LogP contribution in [0.2, 0.25) is 0 Å². The lowest BCUT2D eigenvalue weighted by Crippen LogP contribution is -2.40. The summed E-state index contributed by atoms with van der Waals surface area (Å²) in [5.41, 5.74) is 5.89. The number of rotatable bonds is 3. The Morgan fingerprint density at radius 1 is 1.42 bits per heavy atom. The molecule has 0 unspecified atom stereocenters. The average molecular weight is 196 g/mol. The molecule has 0 aromatic carbocycles. The van der Waals surface area contributed by atoms with Crippen LogP contribution in [0.25, 0.3) is 0 Å². The zero-order valence-corrected chi connectivity index (χ0v) is 8.36. The van der Waals surface area contributed by atoms with Crippen LogP contribution in [0.1, 0.15) is 12.8 Å². The van der Waals surface area contributed by atoms with E-state index in [0.717, 1.165) is 32.7 Å². The van der Waals surface area contributed by atoms with Crippen molar-refractivity contribution < 1.29 is 9.47 Å². The summed E-state index contributed by atoms with van der Waals surface area (Å²) < 4.78 is 10.4. The van der Waals surface area contributed by atoms with E-state index in [4.69, 9.17) is 15.2 Å². The second-order valence-electron chi connectivity index (χ2n) is 3.25. The highest BCUT2D eigenvalue weighted by Gasteiger charge is 2.30. The number of ether oxygens (including phenoxy) is 2. The minimum Gasteiger partial charge on any atom is -0.384 e. The summed E-state index contributed by atoms with van der Waals surface area (Å²) in [6.07, 6.45) is 2.08. The van der Waals surface area contributed by atoms with Gasteiger partial charge in [-0.25, -0.2) is 0 Å². The molecule has 12 heavy (non-hydrogen) atoms. The van der Waals surface area contributed by atoms with Gasteiger partial charge in [0.2, 0.25) is 0 Å². The molecule has 1 saturated heterocycles. The van der Waals surface area contributed by atoms with Gasteiger partial charge in [0.05, 0.1) is 6.61 Å². The Balaban J connectivity index is 0.00000121. The van der Waals surface area contributed by atoms with Gasteiger partial charge in [-0.1, -0.05) is 0 Å². The van der Waals surface area contributed by atoms with E-state index in [1.54, 1.807) is 7.11 Å². The molecule has 0 aliphatic carbocycles. The fourth-order valence-corrected chi connectivity index (χ4v) is 1.52. The molecule has 1 heterocycles. The van der Waals surface area contributed by atoms with Gasteiger partial charge in [-0.2, -0.15) is 0 Å². The first-order chi connectivity index (χ1) is 5.33. The van der Waals surface area contributed by atoms with Crippen LogP contribution in [0.4, 0.5) is 0 Å². The predicted molar refractivity (Wildman–Crippen MR) is 50.7 cm³/mol. The van der Waals surface area contributed by atoms with Gasteiger partial charge in [0.15, 0.2) is 0 Å². The third kappa shape index (κ3) is 2.90. The summed E-state index contributed by atoms with van der Waals surface area (Å²) in [7, 11) is 1.73. The Hall–Kier alpha value is 0.170. The molecule has 1 rings (SSSR count). The highest BCUT2D eigenvalue weighted by molar-refractivity contribution is 5.85. The Bertz CT molecular complexity index is 110. The van der Waals surface area contributed by atoms with E-state index in [-0.39, 0.29) is 17.8 Å². The molecule has 0 bridgehead atoms. The molecule has 1 aliphatic heterocycles. The van der Waals surface area contributed by atoms with Crippen molar-refractivity contribution in [1.82, 2.24) is 0 Å². The molecule has 74 valence electrons. The second kappa shape index (κ2) is 5.75. The highest BCUT2D eigenvalue weighted by atomic mass is 35.5. The van der Waals surface area contributed by atoms with Crippen LogP contribution in [0.15, 0.2) is 0 Å². The van der Waals surface area contributed by atoms with Gasteiger partial charge in [-0.05, 0) is 12.8 Å². The maximum Gasteiger partial charge on any atom is 0.0532 e. The molecule has 0 aromatic heterocycles. The Labute approximate surface area is 80.0 Å². The molecule has 0 radical (unpaired) electrons. The van der Waals surface area contributed by atoms with Gasteiger partial charge in [-0.3, -0.25) is 0 Å². The molecule has 0 saturated carbocycles. The lowest BCUT2D eigenvalue weighted by molar-refractivity contribution is -0.0225. The van der Waals surface area contributed by atoms with Crippen LogP contribution >= 0.6 is 12.4 Å². The Kier molecular flexibility index (Phi) is 5.84. The quantitative estimate of drug-likeness (QED) is 0.725. The maximum atomic E-state index is 5.69. The van der Waals surface area contributed by atoms with Crippen molar-refractivity contribution in [2.24, 2.45) is 11.1 Å². The van der Waals surface area contributed by atoms with Crippen LogP contribution in [-0.4, -0.2) is 33.5 Å². The standard InChI is InChI=1S/C8H17NO2.ClH/c1-10-7-8(6-9)2-4-11-5-3-8;/h2-7,9H2,1H3;1H. The zero-order chi connectivity index (χ0) is 8.16. The summed E-state index contributed by atoms with van der Waals surface area (Å²) >= 11 is 0. The smallest absolute Gasteiger partial charge is 0.0532 e. The number of methoxy groups -OCH3 is 1. The van der Waals surface area contributed by atoms with Gasteiger partial charge in [0.25, 0.3) is 0 Å². The number of hydrogen-bond acceptors (Lipinski definition) is 3. The van der Waals surface area contributed by atoms with Gasteiger partial charge in [-0.15, -0.1) is 12.4 Å². The average Bonchev–Trinajstić information content (AvgIpc) is 2.07. The van der Waals surface area contributed by atoms with E-state index in [9.17, 15) is 0 Å². The Morgan fingerprint density at radius 2 is 2.00 bits per heavy atom. The monoisotopic (exact) mass is 195 g/mol. The highest BCUT2D eigenvalue weighted by Crippen LogP contribution is 2.29. The largest absolute Gasteiger partial charge is 0.384 e. The summed E-state index contributed by atoms with van der Waals surface area (Å²) in [5.74, 6) is 0. The predicted octanol–water partition coefficient (Wildman–Crippen LogP) is 0.810. The van der Waals surface area contributed by atoms with Crippen molar-refractivity contribution in [2.75, 3.05) is 33.5 Å². The first-order valence-corrected chi connectivity index (χ1v) is 4.10. The van der Waals surface area contributed by atoms with Gasteiger partial charge >= 0.3 is 0 Å². The van der Waals surface area contributed by atoms with Crippen LogP contribution in [-0.2, 0) is 9.47 Å². The number of hydrogen-bond donors (Lipinski definition) is 1. The van der Waals surface area contributed by atoms with E-state index < -0.39 is 0 Å². The van der Waals surface area contributed by atoms with Crippen molar-refractivity contribution in [2.45, 2.75) is 12.8 Å². The van der Waals surface area contributed by atoms with E-state index >= 15 is 0 Å². The summed E-state index contributed by atoms with van der Waals surface area (Å²) in [6.45, 7) is 3.15.